The summed E-state index contributed by atoms with van der Waals surface area (Å²) in [5, 5.41) is 4.94. The van der Waals surface area contributed by atoms with Crippen LogP contribution in [0.4, 0.5) is 0 Å². The van der Waals surface area contributed by atoms with E-state index in [1.807, 2.05) is 11.4 Å². The van der Waals surface area contributed by atoms with Crippen LogP contribution in [0.5, 0.6) is 0 Å². The minimum Gasteiger partial charge on any atom is -0.349 e. The molecule has 0 radical (unpaired) electrons. The van der Waals surface area contributed by atoms with E-state index in [1.165, 1.54) is 11.3 Å². The molecule has 0 fully saturated rings. The van der Waals surface area contributed by atoms with Gasteiger partial charge >= 0.3 is 0 Å². The zero-order valence-corrected chi connectivity index (χ0v) is 12.3. The molecule has 1 aromatic rings. The van der Waals surface area contributed by atoms with Crippen LogP contribution >= 0.6 is 27.3 Å². The second-order valence-corrected chi connectivity index (χ2v) is 5.99. The van der Waals surface area contributed by atoms with Crippen LogP contribution in [0.3, 0.4) is 0 Å². The molecule has 0 unspecified atom stereocenters. The maximum Gasteiger partial charge on any atom is 0.262 e. The zero-order valence-electron chi connectivity index (χ0n) is 9.92. The Morgan fingerprint density at radius 3 is 2.75 bits per heavy atom. The zero-order chi connectivity index (χ0) is 12.1. The van der Waals surface area contributed by atoms with E-state index in [2.05, 4.69) is 42.0 Å². The van der Waals surface area contributed by atoms with Crippen molar-refractivity contribution < 1.29 is 4.79 Å². The number of carbonyl (C=O) groups excluding carboxylic acids is 1. The molecule has 16 heavy (non-hydrogen) atoms. The lowest BCUT2D eigenvalue weighted by Crippen LogP contribution is -2.33. The number of hydrogen-bond donors (Lipinski definition) is 1. The van der Waals surface area contributed by atoms with Gasteiger partial charge in [-0.2, -0.15) is 0 Å². The van der Waals surface area contributed by atoms with Gasteiger partial charge in [-0.15, -0.1) is 11.3 Å². The Labute approximate surface area is 110 Å². The van der Waals surface area contributed by atoms with Crippen molar-refractivity contribution in [1.82, 2.24) is 5.32 Å². The first kappa shape index (κ1) is 13.7. The SMILES string of the molecule is CC[C@@H](C)C[C@H](C)NC(=O)c1sccc1Br. The van der Waals surface area contributed by atoms with E-state index in [0.29, 0.717) is 5.92 Å². The molecule has 4 heteroatoms. The van der Waals surface area contributed by atoms with E-state index in [9.17, 15) is 4.79 Å². The highest BCUT2D eigenvalue weighted by Crippen LogP contribution is 2.22. The molecule has 0 saturated carbocycles. The van der Waals surface area contributed by atoms with Crippen LogP contribution in [0, 0.1) is 5.92 Å². The van der Waals surface area contributed by atoms with Gasteiger partial charge in [0.15, 0.2) is 0 Å². The molecule has 1 aromatic heterocycles. The Bertz CT molecular complexity index is 351. The molecule has 1 amide bonds. The van der Waals surface area contributed by atoms with Gasteiger partial charge in [-0.05, 0) is 46.6 Å². The number of thiophene rings is 1. The molecule has 0 aromatic carbocycles. The minimum absolute atomic E-state index is 0.0256. The number of halogens is 1. The van der Waals surface area contributed by atoms with Crippen LogP contribution in [0.2, 0.25) is 0 Å². The molecule has 0 spiro atoms. The van der Waals surface area contributed by atoms with Gasteiger partial charge in [0.2, 0.25) is 0 Å². The van der Waals surface area contributed by atoms with Gasteiger partial charge < -0.3 is 5.32 Å². The Balaban J connectivity index is 2.49. The summed E-state index contributed by atoms with van der Waals surface area (Å²) >= 11 is 4.84. The molecule has 2 atom stereocenters. The lowest BCUT2D eigenvalue weighted by atomic mass is 10.0. The van der Waals surface area contributed by atoms with Crippen molar-refractivity contribution >= 4 is 33.2 Å². The monoisotopic (exact) mass is 303 g/mol. The third kappa shape index (κ3) is 3.91. The minimum atomic E-state index is 0.0256. The van der Waals surface area contributed by atoms with Gasteiger partial charge in [0.1, 0.15) is 4.88 Å². The van der Waals surface area contributed by atoms with E-state index < -0.39 is 0 Å². The Morgan fingerprint density at radius 1 is 1.56 bits per heavy atom. The van der Waals surface area contributed by atoms with Gasteiger partial charge in [0, 0.05) is 10.5 Å². The van der Waals surface area contributed by atoms with Crippen molar-refractivity contribution in [2.45, 2.75) is 39.7 Å². The molecule has 0 aliphatic rings. The molecule has 0 aliphatic heterocycles. The molecule has 1 N–H and O–H groups in total. The predicted molar refractivity (Wildman–Crippen MR) is 73.0 cm³/mol. The van der Waals surface area contributed by atoms with Crippen molar-refractivity contribution in [3.8, 4) is 0 Å². The predicted octanol–water partition coefficient (Wildman–Crippen LogP) is 4.07. The number of rotatable bonds is 5. The first-order valence-electron chi connectivity index (χ1n) is 5.58. The molecular formula is C12H18BrNOS. The highest BCUT2D eigenvalue weighted by atomic mass is 79.9. The number of carbonyl (C=O) groups is 1. The van der Waals surface area contributed by atoms with Crippen molar-refractivity contribution in [3.05, 3.63) is 20.8 Å². The van der Waals surface area contributed by atoms with Crippen molar-refractivity contribution in [2.75, 3.05) is 0 Å². The van der Waals surface area contributed by atoms with E-state index in [4.69, 9.17) is 0 Å². The van der Waals surface area contributed by atoms with Gasteiger partial charge in [-0.1, -0.05) is 20.3 Å². The summed E-state index contributed by atoms with van der Waals surface area (Å²) in [6, 6.07) is 2.13. The van der Waals surface area contributed by atoms with Crippen LogP contribution in [-0.4, -0.2) is 11.9 Å². The standard InChI is InChI=1S/C12H18BrNOS/c1-4-8(2)7-9(3)14-12(15)11-10(13)5-6-16-11/h5-6,8-9H,4,7H2,1-3H3,(H,14,15)/t8-,9+/m1/s1. The summed E-state index contributed by atoms with van der Waals surface area (Å²) in [5.41, 5.74) is 0. The van der Waals surface area contributed by atoms with Gasteiger partial charge in [0.25, 0.3) is 5.91 Å². The molecular weight excluding hydrogens is 286 g/mol. The number of amides is 1. The highest BCUT2D eigenvalue weighted by Gasteiger charge is 2.15. The number of nitrogens with one attached hydrogen (secondary N) is 1. The second kappa shape index (κ2) is 6.40. The second-order valence-electron chi connectivity index (χ2n) is 4.22. The first-order valence-corrected chi connectivity index (χ1v) is 7.25. The smallest absolute Gasteiger partial charge is 0.262 e. The summed E-state index contributed by atoms with van der Waals surface area (Å²) in [5.74, 6) is 0.680. The third-order valence-electron chi connectivity index (χ3n) is 2.65. The normalized spacial score (nSPS) is 14.5. The summed E-state index contributed by atoms with van der Waals surface area (Å²) in [4.78, 5) is 12.6. The van der Waals surface area contributed by atoms with Crippen molar-refractivity contribution in [2.24, 2.45) is 5.92 Å². The van der Waals surface area contributed by atoms with E-state index in [1.54, 1.807) is 0 Å². The Kier molecular flexibility index (Phi) is 5.49. The fourth-order valence-corrected chi connectivity index (χ4v) is 3.03. The molecule has 0 saturated heterocycles. The van der Waals surface area contributed by atoms with Crippen LogP contribution < -0.4 is 5.32 Å². The summed E-state index contributed by atoms with van der Waals surface area (Å²) in [6.07, 6.45) is 2.19. The van der Waals surface area contributed by atoms with Crippen LogP contribution in [0.1, 0.15) is 43.3 Å². The quantitative estimate of drug-likeness (QED) is 0.873. The molecule has 90 valence electrons. The topological polar surface area (TPSA) is 29.1 Å². The van der Waals surface area contributed by atoms with Crippen molar-refractivity contribution in [3.63, 3.8) is 0 Å². The first-order chi connectivity index (χ1) is 7.54. The largest absolute Gasteiger partial charge is 0.349 e. The molecule has 1 rings (SSSR count). The maximum absolute atomic E-state index is 11.9. The molecule has 1 heterocycles. The summed E-state index contributed by atoms with van der Waals surface area (Å²) < 4.78 is 0.880. The van der Waals surface area contributed by atoms with Gasteiger partial charge in [0.05, 0.1) is 0 Å². The molecule has 0 bridgehead atoms. The average molecular weight is 304 g/mol. The fraction of sp³-hybridized carbons (Fsp3) is 0.583. The highest BCUT2D eigenvalue weighted by molar-refractivity contribution is 9.10. The van der Waals surface area contributed by atoms with E-state index in [0.717, 1.165) is 22.2 Å². The van der Waals surface area contributed by atoms with E-state index in [-0.39, 0.29) is 11.9 Å². The summed E-state index contributed by atoms with van der Waals surface area (Å²) in [6.45, 7) is 6.45. The Hall–Kier alpha value is -0.350. The third-order valence-corrected chi connectivity index (χ3v) is 4.49. The van der Waals surface area contributed by atoms with E-state index >= 15 is 0 Å². The van der Waals surface area contributed by atoms with Gasteiger partial charge in [-0.3, -0.25) is 4.79 Å². The average Bonchev–Trinajstić information content (AvgIpc) is 2.63. The summed E-state index contributed by atoms with van der Waals surface area (Å²) in [7, 11) is 0. The fourth-order valence-electron chi connectivity index (χ4n) is 1.57. The van der Waals surface area contributed by atoms with Crippen molar-refractivity contribution in [1.29, 1.82) is 0 Å². The lowest BCUT2D eigenvalue weighted by Gasteiger charge is -2.17. The van der Waals surface area contributed by atoms with Crippen LogP contribution in [0.25, 0.3) is 0 Å². The van der Waals surface area contributed by atoms with Gasteiger partial charge in [-0.25, -0.2) is 0 Å². The molecule has 2 nitrogen and oxygen atoms in total. The molecule has 0 aliphatic carbocycles. The maximum atomic E-state index is 11.9. The number of hydrogen-bond acceptors (Lipinski definition) is 2. The lowest BCUT2D eigenvalue weighted by molar-refractivity contribution is 0.0939. The van der Waals surface area contributed by atoms with Crippen LogP contribution in [0.15, 0.2) is 15.9 Å². The van der Waals surface area contributed by atoms with Crippen LogP contribution in [-0.2, 0) is 0 Å². The Morgan fingerprint density at radius 2 is 2.25 bits per heavy atom.